The van der Waals surface area contributed by atoms with Crippen LogP contribution in [-0.2, 0) is 83.6 Å². The van der Waals surface area contributed by atoms with Gasteiger partial charge >= 0.3 is 15.6 Å². The number of fused-ring (bicyclic) bond motifs is 1. The number of ether oxygens (including phenoxy) is 10. The van der Waals surface area contributed by atoms with Crippen LogP contribution >= 0.6 is 15.6 Å². The Hall–Kier alpha value is -0.900. The van der Waals surface area contributed by atoms with E-state index in [0.29, 0.717) is 0 Å². The van der Waals surface area contributed by atoms with Gasteiger partial charge < -0.3 is 141 Å². The van der Waals surface area contributed by atoms with Gasteiger partial charge in [0.15, 0.2) is 31.2 Å². The van der Waals surface area contributed by atoms with Gasteiger partial charge in [-0.2, -0.15) is 0 Å². The number of hydrogen-bond donors (Lipinski definition) is 18. The Balaban J connectivity index is 1.08. The third kappa shape index (κ3) is 13.9. The van der Waals surface area contributed by atoms with Crippen LogP contribution in [0.5, 0.6) is 0 Å². The number of aliphatic hydroxyl groups excluding tert-OH is 16. The molecule has 7 aliphatic rings. The second-order valence-electron chi connectivity index (χ2n) is 19.8. The lowest BCUT2D eigenvalue weighted by molar-refractivity contribution is -0.510. The Morgan fingerprint density at radius 3 is 1.51 bits per heavy atom. The van der Waals surface area contributed by atoms with Crippen LogP contribution < -0.4 is 11.5 Å². The molecule has 0 aromatic rings. The van der Waals surface area contributed by atoms with Crippen molar-refractivity contribution in [3.63, 3.8) is 0 Å². The molecule has 0 radical (unpaired) electrons. The van der Waals surface area contributed by atoms with Crippen LogP contribution in [-0.4, -0.2) is 326 Å². The van der Waals surface area contributed by atoms with Gasteiger partial charge in [0.05, 0.1) is 51.8 Å². The summed E-state index contributed by atoms with van der Waals surface area (Å²) in [6.45, 7) is -3.30. The van der Waals surface area contributed by atoms with E-state index in [-0.39, 0.29) is 13.2 Å². The van der Waals surface area contributed by atoms with Gasteiger partial charge in [-0.1, -0.05) is 6.92 Å². The fourth-order valence-electron chi connectivity index (χ4n) is 9.88. The summed E-state index contributed by atoms with van der Waals surface area (Å²) in [5.74, 6) is -0.956. The van der Waals surface area contributed by atoms with Gasteiger partial charge in [-0.25, -0.2) is 9.13 Å². The highest BCUT2D eigenvalue weighted by atomic mass is 31.2. The van der Waals surface area contributed by atoms with Gasteiger partial charge in [0.1, 0.15) is 141 Å². The van der Waals surface area contributed by atoms with E-state index in [9.17, 15) is 90.8 Å². The molecular weight excluding hydrogens is 1130 g/mol. The quantitative estimate of drug-likeness (QED) is 0.0448. The highest BCUT2D eigenvalue weighted by molar-refractivity contribution is 7.48. The summed E-state index contributed by atoms with van der Waals surface area (Å²) in [5.41, 5.74) is 7.44. The topological polar surface area (TPSA) is 561 Å². The van der Waals surface area contributed by atoms with Crippen LogP contribution in [0.1, 0.15) is 6.92 Å². The molecule has 6 saturated heterocycles. The van der Waals surface area contributed by atoms with Crippen molar-refractivity contribution in [2.75, 3.05) is 60.4 Å². The molecule has 0 aromatic carbocycles. The van der Waals surface area contributed by atoms with Gasteiger partial charge in [0.2, 0.25) is 6.29 Å². The molecular formula is C41H76N2O34P2+2. The van der Waals surface area contributed by atoms with E-state index in [2.05, 4.69) is 11.5 Å². The Bertz CT molecular complexity index is 2010. The number of quaternary nitrogens is 2. The maximum Gasteiger partial charge on any atom is 0.475 e. The predicted octanol–water partition coefficient (Wildman–Crippen LogP) is -12.3. The molecule has 6 heterocycles. The summed E-state index contributed by atoms with van der Waals surface area (Å²) in [6.07, 6.45) is -53.5. The third-order valence-corrected chi connectivity index (χ3v) is 17.6. The first-order valence-electron chi connectivity index (χ1n) is 25.1. The van der Waals surface area contributed by atoms with Crippen LogP contribution in [0.2, 0.25) is 0 Å². The lowest BCUT2D eigenvalue weighted by Gasteiger charge is -2.49. The summed E-state index contributed by atoms with van der Waals surface area (Å²) in [4.78, 5) is 0. The molecule has 6 aliphatic heterocycles. The molecule has 79 heavy (non-hydrogen) atoms. The monoisotopic (exact) mass is 1200 g/mol. The van der Waals surface area contributed by atoms with Crippen molar-refractivity contribution in [2.24, 2.45) is 5.92 Å². The summed E-state index contributed by atoms with van der Waals surface area (Å²) in [7, 11) is -6.58. The molecule has 36 nitrogen and oxygen atoms in total. The Morgan fingerprint density at radius 1 is 0.481 bits per heavy atom. The van der Waals surface area contributed by atoms with Crippen molar-refractivity contribution in [3.05, 3.63) is 0 Å². The van der Waals surface area contributed by atoms with Crippen LogP contribution in [0.25, 0.3) is 0 Å². The lowest BCUT2D eigenvalue weighted by atomic mass is 9.79. The first kappa shape index (κ1) is 65.6. The van der Waals surface area contributed by atoms with Crippen LogP contribution in [0.3, 0.4) is 0 Å². The summed E-state index contributed by atoms with van der Waals surface area (Å²) in [6, 6.07) is -1.37. The molecule has 1 aliphatic carbocycles. The average Bonchev–Trinajstić information content (AvgIpc) is 3.95. The van der Waals surface area contributed by atoms with Gasteiger partial charge in [-0.05, 0) is 0 Å². The van der Waals surface area contributed by atoms with E-state index in [1.54, 1.807) is 0 Å². The summed E-state index contributed by atoms with van der Waals surface area (Å²) >= 11 is 0. The molecule has 7 fully saturated rings. The van der Waals surface area contributed by atoms with E-state index in [1.165, 1.54) is 6.92 Å². The molecule has 0 aromatic heterocycles. The fourth-order valence-corrected chi connectivity index (χ4v) is 12.2. The Kier molecular flexibility index (Phi) is 23.0. The van der Waals surface area contributed by atoms with Gasteiger partial charge in [0.25, 0.3) is 0 Å². The first-order chi connectivity index (χ1) is 37.3. The number of phosphoric ester groups is 2. The molecule has 1 saturated carbocycles. The Labute approximate surface area is 449 Å². The zero-order valence-electron chi connectivity index (χ0n) is 42.7. The SMILES string of the molecule is COP(=O)(OCC[NH3+])OCC1OC(OC2C(OCC3OC(OC4C(CO)OC(OC5C(O)C(C)C(O)C6OP(=O)(OC)OC56)C([NH3+])C4O)C(O)C(O)C3O)OC(CO)C(O)C2O)C(OC2OC(CO)C(O)C(O)C2O)C(O)C1O. The van der Waals surface area contributed by atoms with Crippen molar-refractivity contribution in [1.82, 2.24) is 0 Å². The molecule has 462 valence electrons. The zero-order chi connectivity index (χ0) is 58.2. The highest BCUT2D eigenvalue weighted by Gasteiger charge is 2.62. The average molecular weight is 1200 g/mol. The number of hydrogen-bond acceptors (Lipinski definition) is 34. The molecule has 0 bridgehead atoms. The largest absolute Gasteiger partial charge is 0.475 e. The summed E-state index contributed by atoms with van der Waals surface area (Å²) < 4.78 is 115. The van der Waals surface area contributed by atoms with Crippen molar-refractivity contribution in [1.29, 1.82) is 0 Å². The number of phosphoric acid groups is 2. The third-order valence-electron chi connectivity index (χ3n) is 14.7. The van der Waals surface area contributed by atoms with Crippen molar-refractivity contribution >= 4 is 15.6 Å². The fraction of sp³-hybridized carbons (Fsp3) is 1.00. The minimum Gasteiger partial charge on any atom is -0.394 e. The van der Waals surface area contributed by atoms with Gasteiger partial charge in [-0.15, -0.1) is 0 Å². The van der Waals surface area contributed by atoms with Crippen molar-refractivity contribution in [2.45, 2.75) is 191 Å². The van der Waals surface area contributed by atoms with E-state index < -0.39 is 239 Å². The van der Waals surface area contributed by atoms with Gasteiger partial charge in [-0.3, -0.25) is 27.1 Å². The zero-order valence-corrected chi connectivity index (χ0v) is 44.4. The van der Waals surface area contributed by atoms with Gasteiger partial charge in [0, 0.05) is 20.1 Å². The van der Waals surface area contributed by atoms with E-state index >= 15 is 0 Å². The molecule has 33 atom stereocenters. The maximum absolute atomic E-state index is 13.1. The van der Waals surface area contributed by atoms with Crippen molar-refractivity contribution in [3.8, 4) is 0 Å². The maximum atomic E-state index is 13.1. The second kappa shape index (κ2) is 27.6. The molecule has 38 heteroatoms. The summed E-state index contributed by atoms with van der Waals surface area (Å²) in [5, 5.41) is 174. The highest BCUT2D eigenvalue weighted by Crippen LogP contribution is 2.60. The predicted molar refractivity (Wildman–Crippen MR) is 243 cm³/mol. The van der Waals surface area contributed by atoms with E-state index in [1.807, 2.05) is 0 Å². The molecule has 0 amide bonds. The van der Waals surface area contributed by atoms with E-state index in [4.69, 9.17) is 74.5 Å². The smallest absolute Gasteiger partial charge is 0.394 e. The van der Waals surface area contributed by atoms with E-state index in [0.717, 1.165) is 14.2 Å². The molecule has 33 unspecified atom stereocenters. The van der Waals surface area contributed by atoms with Crippen LogP contribution in [0, 0.1) is 5.92 Å². The number of rotatable bonds is 22. The number of aliphatic hydroxyl groups is 16. The van der Waals surface area contributed by atoms with Crippen LogP contribution in [0.15, 0.2) is 0 Å². The minimum atomic E-state index is -4.38. The first-order valence-corrected chi connectivity index (χ1v) is 28.0. The Morgan fingerprint density at radius 2 is 0.937 bits per heavy atom. The second-order valence-corrected chi connectivity index (χ2v) is 23.2. The minimum absolute atomic E-state index is 0.117. The molecule has 7 rings (SSSR count). The van der Waals surface area contributed by atoms with Crippen LogP contribution in [0.4, 0.5) is 0 Å². The molecule has 22 N–H and O–H groups in total. The normalized spacial score (nSPS) is 51.4. The lowest BCUT2D eigenvalue weighted by Crippen LogP contribution is -2.79. The standard InChI is InChI=1S/C41H74N2O34P2/c1-11-18(47)32(36-33(19(11)48)76-79(61,63-3)77-36)73-37-17(43)24(53)31(14(8-46)69-37)72-39-30(59)26(55)22(51)15(70-39)9-64-40-34(27(56)21(50)13(7-45)68-40)75-41-35(74-38-29(58)25(54)20(49)12(6-44)67-38)28(57)23(52)16(71-41)10-66-78(60,62-2)65-5-4-42/h11-41,44-59H,4-10,42-43H2,1-3H3/p+2. The molecule has 0 spiro atoms. The van der Waals surface area contributed by atoms with Crippen molar-refractivity contribution < 1.29 is 177 Å².